The molecule has 0 saturated carbocycles. The maximum atomic E-state index is 12.4. The van der Waals surface area contributed by atoms with E-state index < -0.39 is 6.04 Å². The number of esters is 1. The van der Waals surface area contributed by atoms with Crippen LogP contribution >= 0.6 is 0 Å². The molecule has 0 radical (unpaired) electrons. The van der Waals surface area contributed by atoms with Gasteiger partial charge in [0.1, 0.15) is 6.04 Å². The van der Waals surface area contributed by atoms with Crippen molar-refractivity contribution in [2.24, 2.45) is 13.0 Å². The number of likely N-dealkylation sites (tertiary alicyclic amines) is 1. The van der Waals surface area contributed by atoms with Crippen LogP contribution in [0.4, 0.5) is 0 Å². The van der Waals surface area contributed by atoms with Gasteiger partial charge in [0.05, 0.1) is 24.9 Å². The van der Waals surface area contributed by atoms with E-state index in [0.717, 1.165) is 31.5 Å². The SMILES string of the molecule is COC(=O)[C@@H](c1cccc(C#N)c1)N1CC[C@@H](Cc2cnn(C)c2)C1. The second-order valence-corrected chi connectivity index (χ2v) is 6.54. The van der Waals surface area contributed by atoms with Crippen LogP contribution in [0.3, 0.4) is 0 Å². The maximum Gasteiger partial charge on any atom is 0.327 e. The van der Waals surface area contributed by atoms with Gasteiger partial charge in [-0.2, -0.15) is 10.4 Å². The lowest BCUT2D eigenvalue weighted by Gasteiger charge is -2.26. The minimum atomic E-state index is -0.461. The lowest BCUT2D eigenvalue weighted by Crippen LogP contribution is -2.33. The molecule has 25 heavy (non-hydrogen) atoms. The monoisotopic (exact) mass is 338 g/mol. The molecule has 0 amide bonds. The molecule has 1 fully saturated rings. The molecular formula is C19H22N4O2. The number of nitriles is 1. The molecule has 0 bridgehead atoms. The van der Waals surface area contributed by atoms with Gasteiger partial charge in [0.15, 0.2) is 0 Å². The van der Waals surface area contributed by atoms with E-state index in [4.69, 9.17) is 10.00 Å². The topological polar surface area (TPSA) is 71.2 Å². The first-order valence-electron chi connectivity index (χ1n) is 8.40. The van der Waals surface area contributed by atoms with E-state index in [1.165, 1.54) is 12.7 Å². The van der Waals surface area contributed by atoms with E-state index >= 15 is 0 Å². The Labute approximate surface area is 147 Å². The van der Waals surface area contributed by atoms with Gasteiger partial charge < -0.3 is 4.74 Å². The van der Waals surface area contributed by atoms with E-state index in [1.807, 2.05) is 36.3 Å². The van der Waals surface area contributed by atoms with Crippen molar-refractivity contribution in [3.8, 4) is 6.07 Å². The Bertz CT molecular complexity index is 793. The van der Waals surface area contributed by atoms with Crippen LogP contribution in [0.1, 0.15) is 29.2 Å². The molecular weight excluding hydrogens is 316 g/mol. The summed E-state index contributed by atoms with van der Waals surface area (Å²) in [6.45, 7) is 1.66. The quantitative estimate of drug-likeness (QED) is 0.781. The van der Waals surface area contributed by atoms with Crippen LogP contribution in [0.5, 0.6) is 0 Å². The molecule has 2 atom stereocenters. The summed E-state index contributed by atoms with van der Waals surface area (Å²) in [7, 11) is 3.33. The highest BCUT2D eigenvalue weighted by Gasteiger charge is 2.34. The lowest BCUT2D eigenvalue weighted by atomic mass is 10.0. The van der Waals surface area contributed by atoms with Gasteiger partial charge in [-0.25, -0.2) is 4.79 Å². The summed E-state index contributed by atoms with van der Waals surface area (Å²) < 4.78 is 6.84. The van der Waals surface area contributed by atoms with Crippen LogP contribution in [-0.4, -0.2) is 40.8 Å². The summed E-state index contributed by atoms with van der Waals surface area (Å²) in [6, 6.07) is 8.89. The molecule has 1 aliphatic rings. The zero-order chi connectivity index (χ0) is 17.8. The van der Waals surface area contributed by atoms with Crippen LogP contribution in [0.15, 0.2) is 36.7 Å². The molecule has 1 aliphatic heterocycles. The lowest BCUT2D eigenvalue weighted by molar-refractivity contribution is -0.147. The molecule has 2 aromatic rings. The molecule has 130 valence electrons. The van der Waals surface area contributed by atoms with Gasteiger partial charge >= 0.3 is 5.97 Å². The van der Waals surface area contributed by atoms with Crippen molar-refractivity contribution < 1.29 is 9.53 Å². The van der Waals surface area contributed by atoms with Gasteiger partial charge in [-0.15, -0.1) is 0 Å². The molecule has 3 rings (SSSR count). The fourth-order valence-electron chi connectivity index (χ4n) is 3.56. The first-order chi connectivity index (χ1) is 12.1. The average Bonchev–Trinajstić information content (AvgIpc) is 3.24. The van der Waals surface area contributed by atoms with E-state index in [2.05, 4.69) is 16.1 Å². The molecule has 6 nitrogen and oxygen atoms in total. The fourth-order valence-corrected chi connectivity index (χ4v) is 3.56. The highest BCUT2D eigenvalue weighted by Crippen LogP contribution is 2.30. The summed E-state index contributed by atoms with van der Waals surface area (Å²) in [5.41, 5.74) is 2.58. The number of methoxy groups -OCH3 is 1. The highest BCUT2D eigenvalue weighted by molar-refractivity contribution is 5.77. The second-order valence-electron chi connectivity index (χ2n) is 6.54. The van der Waals surface area contributed by atoms with E-state index in [-0.39, 0.29) is 5.97 Å². The van der Waals surface area contributed by atoms with Gasteiger partial charge in [0, 0.05) is 19.8 Å². The van der Waals surface area contributed by atoms with E-state index in [0.29, 0.717) is 11.5 Å². The van der Waals surface area contributed by atoms with Gasteiger partial charge in [0.25, 0.3) is 0 Å². The van der Waals surface area contributed by atoms with Crippen molar-refractivity contribution in [3.63, 3.8) is 0 Å². The highest BCUT2D eigenvalue weighted by atomic mass is 16.5. The summed E-state index contributed by atoms with van der Waals surface area (Å²) in [6.07, 6.45) is 5.92. The number of hydrogen-bond donors (Lipinski definition) is 0. The molecule has 1 aromatic carbocycles. The van der Waals surface area contributed by atoms with E-state index in [9.17, 15) is 4.79 Å². The zero-order valence-corrected chi connectivity index (χ0v) is 14.6. The van der Waals surface area contributed by atoms with Gasteiger partial charge in [-0.05, 0) is 48.6 Å². The number of aryl methyl sites for hydroxylation is 1. The van der Waals surface area contributed by atoms with Gasteiger partial charge in [0.2, 0.25) is 0 Å². The van der Waals surface area contributed by atoms with Crippen molar-refractivity contribution in [2.45, 2.75) is 18.9 Å². The molecule has 0 spiro atoms. The Balaban J connectivity index is 1.76. The number of benzene rings is 1. The van der Waals surface area contributed by atoms with Gasteiger partial charge in [-0.3, -0.25) is 9.58 Å². The zero-order valence-electron chi connectivity index (χ0n) is 14.6. The smallest absolute Gasteiger partial charge is 0.327 e. The third-order valence-corrected chi connectivity index (χ3v) is 4.72. The summed E-state index contributed by atoms with van der Waals surface area (Å²) in [4.78, 5) is 14.6. The van der Waals surface area contributed by atoms with Crippen molar-refractivity contribution in [1.82, 2.24) is 14.7 Å². The number of ether oxygens (including phenoxy) is 1. The predicted molar refractivity (Wildman–Crippen MR) is 92.5 cm³/mol. The molecule has 0 unspecified atom stereocenters. The molecule has 1 aromatic heterocycles. The first kappa shape index (κ1) is 17.2. The number of rotatable bonds is 5. The van der Waals surface area contributed by atoms with Crippen LogP contribution < -0.4 is 0 Å². The van der Waals surface area contributed by atoms with Crippen molar-refractivity contribution in [3.05, 3.63) is 53.3 Å². The minimum Gasteiger partial charge on any atom is -0.468 e. The number of nitrogens with zero attached hydrogens (tertiary/aromatic N) is 4. The number of carbonyl (C=O) groups excluding carboxylic acids is 1. The van der Waals surface area contributed by atoms with Crippen molar-refractivity contribution in [2.75, 3.05) is 20.2 Å². The summed E-state index contributed by atoms with van der Waals surface area (Å²) in [5.74, 6) is 0.202. The third kappa shape index (κ3) is 3.89. The van der Waals surface area contributed by atoms with Crippen molar-refractivity contribution in [1.29, 1.82) is 5.26 Å². The Hall–Kier alpha value is -2.65. The Kier molecular flexibility index (Phi) is 5.15. The normalized spacial score (nSPS) is 18.7. The predicted octanol–water partition coefficient (Wildman–Crippen LogP) is 2.07. The first-order valence-corrected chi connectivity index (χ1v) is 8.40. The second kappa shape index (κ2) is 7.49. The van der Waals surface area contributed by atoms with Gasteiger partial charge in [-0.1, -0.05) is 12.1 Å². The average molecular weight is 338 g/mol. The minimum absolute atomic E-state index is 0.280. The Morgan fingerprint density at radius 1 is 1.52 bits per heavy atom. The van der Waals surface area contributed by atoms with Crippen LogP contribution in [0.25, 0.3) is 0 Å². The molecule has 6 heteroatoms. The number of carbonyl (C=O) groups is 1. The Morgan fingerprint density at radius 3 is 3.04 bits per heavy atom. The summed E-state index contributed by atoms with van der Waals surface area (Å²) in [5, 5.41) is 13.3. The number of aromatic nitrogens is 2. The van der Waals surface area contributed by atoms with E-state index in [1.54, 1.807) is 12.1 Å². The van der Waals surface area contributed by atoms with Crippen molar-refractivity contribution >= 4 is 5.97 Å². The molecule has 2 heterocycles. The maximum absolute atomic E-state index is 12.4. The largest absolute Gasteiger partial charge is 0.468 e. The molecule has 1 saturated heterocycles. The van der Waals surface area contributed by atoms with Crippen LogP contribution in [0, 0.1) is 17.2 Å². The summed E-state index contributed by atoms with van der Waals surface area (Å²) >= 11 is 0. The third-order valence-electron chi connectivity index (χ3n) is 4.72. The van der Waals surface area contributed by atoms with Crippen LogP contribution in [-0.2, 0) is 23.0 Å². The Morgan fingerprint density at radius 2 is 2.36 bits per heavy atom. The molecule has 0 aliphatic carbocycles. The van der Waals surface area contributed by atoms with Crippen LogP contribution in [0.2, 0.25) is 0 Å². The standard InChI is InChI=1S/C19H22N4O2/c1-22-12-16(11-21-22)8-15-6-7-23(13-15)18(19(24)25-2)17-5-3-4-14(9-17)10-20/h3-5,9,11-12,15,18H,6-8,13H2,1-2H3/t15-,18+/m0/s1. The number of hydrogen-bond acceptors (Lipinski definition) is 5. The fraction of sp³-hybridized carbons (Fsp3) is 0.421. The molecule has 0 N–H and O–H groups in total.